The molecule has 30 heavy (non-hydrogen) atoms. The summed E-state index contributed by atoms with van der Waals surface area (Å²) < 4.78 is 12.2. The molecule has 0 radical (unpaired) electrons. The molecule has 1 aromatic heterocycles. The Hall–Kier alpha value is -3.68. The predicted molar refractivity (Wildman–Crippen MR) is 117 cm³/mol. The second-order valence-electron chi connectivity index (χ2n) is 6.57. The first kappa shape index (κ1) is 21.0. The van der Waals surface area contributed by atoms with E-state index in [0.29, 0.717) is 24.0 Å². The van der Waals surface area contributed by atoms with Crippen LogP contribution in [0.4, 0.5) is 0 Å². The zero-order chi connectivity index (χ0) is 21.3. The maximum Gasteiger partial charge on any atom is 0.200 e. The van der Waals surface area contributed by atoms with E-state index < -0.39 is 0 Å². The Balaban J connectivity index is 1.50. The number of ether oxygens (including phenoxy) is 2. The summed E-state index contributed by atoms with van der Waals surface area (Å²) in [6, 6.07) is 13.7. The lowest BCUT2D eigenvalue weighted by Crippen LogP contribution is -2.37. The Morgan fingerprint density at radius 2 is 1.77 bits per heavy atom. The molecule has 0 aliphatic carbocycles. The second kappa shape index (κ2) is 10.2. The van der Waals surface area contributed by atoms with Crippen LogP contribution in [-0.2, 0) is 13.0 Å². The van der Waals surface area contributed by atoms with Crippen LogP contribution in [0.2, 0.25) is 0 Å². The van der Waals surface area contributed by atoms with Gasteiger partial charge in [-0.15, -0.1) is 0 Å². The number of rotatable bonds is 8. The fraction of sp³-hybridized carbons (Fsp3) is 0.273. The van der Waals surface area contributed by atoms with Crippen molar-refractivity contribution < 1.29 is 14.6 Å². The summed E-state index contributed by atoms with van der Waals surface area (Å²) in [4.78, 5) is 4.26. The number of guanidine groups is 1. The zero-order valence-electron chi connectivity index (χ0n) is 17.4. The molecule has 0 bridgehead atoms. The maximum atomic E-state index is 10.0. The summed E-state index contributed by atoms with van der Waals surface area (Å²) >= 11 is 0. The molecular weight excluding hydrogens is 382 g/mol. The van der Waals surface area contributed by atoms with Gasteiger partial charge in [0.05, 0.1) is 19.9 Å². The Bertz CT molecular complexity index is 944. The number of hydrogen-bond donors (Lipinski definition) is 3. The predicted octanol–water partition coefficient (Wildman–Crippen LogP) is 2.50. The highest BCUT2D eigenvalue weighted by Crippen LogP contribution is 2.36. The van der Waals surface area contributed by atoms with E-state index in [1.165, 1.54) is 19.8 Å². The number of aromatic nitrogens is 2. The van der Waals surface area contributed by atoms with Gasteiger partial charge in [-0.3, -0.25) is 4.99 Å². The van der Waals surface area contributed by atoms with Gasteiger partial charge < -0.3 is 25.2 Å². The topological polar surface area (TPSA) is 92.9 Å². The van der Waals surface area contributed by atoms with E-state index in [1.807, 2.05) is 16.9 Å². The minimum absolute atomic E-state index is 0.00941. The third-order valence-corrected chi connectivity index (χ3v) is 4.63. The van der Waals surface area contributed by atoms with E-state index in [4.69, 9.17) is 9.47 Å². The van der Waals surface area contributed by atoms with Crippen LogP contribution in [0.25, 0.3) is 5.69 Å². The Morgan fingerprint density at radius 3 is 2.33 bits per heavy atom. The van der Waals surface area contributed by atoms with Crippen LogP contribution in [0, 0.1) is 0 Å². The number of nitrogens with zero attached hydrogens (tertiary/aromatic N) is 3. The third-order valence-electron chi connectivity index (χ3n) is 4.63. The first-order valence-electron chi connectivity index (χ1n) is 9.62. The number of aromatic hydroxyl groups is 1. The summed E-state index contributed by atoms with van der Waals surface area (Å²) in [5.41, 5.74) is 3.16. The molecule has 0 unspecified atom stereocenters. The molecule has 8 heteroatoms. The lowest BCUT2D eigenvalue weighted by molar-refractivity contribution is 0.339. The molecule has 3 rings (SSSR count). The average molecular weight is 409 g/mol. The molecule has 2 aromatic carbocycles. The van der Waals surface area contributed by atoms with Gasteiger partial charge in [-0.05, 0) is 47.9 Å². The molecule has 0 saturated heterocycles. The fourth-order valence-corrected chi connectivity index (χ4v) is 3.02. The normalized spacial score (nSPS) is 11.2. The molecule has 0 spiro atoms. The summed E-state index contributed by atoms with van der Waals surface area (Å²) in [6.07, 6.45) is 4.55. The Kier molecular flexibility index (Phi) is 7.15. The third kappa shape index (κ3) is 5.22. The molecule has 0 aliphatic rings. The SMILES string of the molecule is CN=C(NCCc1ccc(-n2cccn2)cc1)NCc1cc(OC)c(O)c(OC)c1. The number of phenols is 1. The number of methoxy groups -OCH3 is 2. The smallest absolute Gasteiger partial charge is 0.200 e. The van der Waals surface area contributed by atoms with Gasteiger partial charge in [-0.2, -0.15) is 5.10 Å². The van der Waals surface area contributed by atoms with Crippen LogP contribution in [0.15, 0.2) is 59.9 Å². The lowest BCUT2D eigenvalue weighted by atomic mass is 10.1. The van der Waals surface area contributed by atoms with Crippen molar-refractivity contribution in [2.45, 2.75) is 13.0 Å². The van der Waals surface area contributed by atoms with Crippen LogP contribution < -0.4 is 20.1 Å². The fourth-order valence-electron chi connectivity index (χ4n) is 3.02. The van der Waals surface area contributed by atoms with Gasteiger partial charge in [-0.25, -0.2) is 4.68 Å². The summed E-state index contributed by atoms with van der Waals surface area (Å²) in [6.45, 7) is 1.24. The molecular formula is C22H27N5O3. The van der Waals surface area contributed by atoms with Gasteiger partial charge in [0.25, 0.3) is 0 Å². The number of phenolic OH excluding ortho intramolecular Hbond substituents is 1. The van der Waals surface area contributed by atoms with E-state index in [9.17, 15) is 5.11 Å². The van der Waals surface area contributed by atoms with Gasteiger partial charge in [0.15, 0.2) is 17.5 Å². The Labute approximate surface area is 176 Å². The van der Waals surface area contributed by atoms with Crippen LogP contribution in [-0.4, -0.2) is 48.7 Å². The first-order valence-corrected chi connectivity index (χ1v) is 9.62. The molecule has 158 valence electrons. The van der Waals surface area contributed by atoms with E-state index in [-0.39, 0.29) is 5.75 Å². The number of nitrogens with one attached hydrogen (secondary N) is 2. The zero-order valence-corrected chi connectivity index (χ0v) is 17.4. The van der Waals surface area contributed by atoms with Gasteiger partial charge in [0.2, 0.25) is 5.75 Å². The average Bonchev–Trinajstić information content (AvgIpc) is 3.32. The van der Waals surface area contributed by atoms with Crippen molar-refractivity contribution in [1.82, 2.24) is 20.4 Å². The van der Waals surface area contributed by atoms with E-state index in [0.717, 1.165) is 24.2 Å². The molecule has 0 saturated carbocycles. The van der Waals surface area contributed by atoms with E-state index in [1.54, 1.807) is 25.4 Å². The van der Waals surface area contributed by atoms with Crippen molar-refractivity contribution >= 4 is 5.96 Å². The highest BCUT2D eigenvalue weighted by atomic mass is 16.5. The van der Waals surface area contributed by atoms with Gasteiger partial charge >= 0.3 is 0 Å². The van der Waals surface area contributed by atoms with Crippen molar-refractivity contribution in [1.29, 1.82) is 0 Å². The lowest BCUT2D eigenvalue weighted by Gasteiger charge is -2.14. The molecule has 0 aliphatic heterocycles. The Morgan fingerprint density at radius 1 is 1.07 bits per heavy atom. The summed E-state index contributed by atoms with van der Waals surface area (Å²) in [5, 5.41) is 20.8. The van der Waals surface area contributed by atoms with Crippen molar-refractivity contribution in [3.8, 4) is 22.9 Å². The highest BCUT2D eigenvalue weighted by molar-refractivity contribution is 5.79. The van der Waals surface area contributed by atoms with Crippen LogP contribution in [0.3, 0.4) is 0 Å². The maximum absolute atomic E-state index is 10.0. The summed E-state index contributed by atoms with van der Waals surface area (Å²) in [7, 11) is 4.74. The summed E-state index contributed by atoms with van der Waals surface area (Å²) in [5.74, 6) is 1.42. The number of hydrogen-bond acceptors (Lipinski definition) is 5. The minimum Gasteiger partial charge on any atom is -0.502 e. The highest BCUT2D eigenvalue weighted by Gasteiger charge is 2.11. The number of aliphatic imine (C=N–C) groups is 1. The molecule has 0 fully saturated rings. The van der Waals surface area contributed by atoms with Crippen molar-refractivity contribution in [3.05, 3.63) is 66.0 Å². The van der Waals surface area contributed by atoms with Crippen molar-refractivity contribution in [2.75, 3.05) is 27.8 Å². The van der Waals surface area contributed by atoms with Crippen LogP contribution in [0.5, 0.6) is 17.2 Å². The largest absolute Gasteiger partial charge is 0.502 e. The second-order valence-corrected chi connectivity index (χ2v) is 6.57. The van der Waals surface area contributed by atoms with Gasteiger partial charge in [-0.1, -0.05) is 12.1 Å². The van der Waals surface area contributed by atoms with Crippen LogP contribution in [0.1, 0.15) is 11.1 Å². The molecule has 3 N–H and O–H groups in total. The van der Waals surface area contributed by atoms with Crippen LogP contribution >= 0.6 is 0 Å². The molecule has 0 amide bonds. The molecule has 3 aromatic rings. The van der Waals surface area contributed by atoms with Crippen molar-refractivity contribution in [2.24, 2.45) is 4.99 Å². The van der Waals surface area contributed by atoms with E-state index >= 15 is 0 Å². The standard InChI is InChI=1S/C22H27N5O3/c1-23-22(25-15-17-13-19(29-2)21(28)20(14-17)30-3)24-11-9-16-5-7-18(8-6-16)27-12-4-10-26-27/h4-8,10,12-14,28H,9,11,15H2,1-3H3,(H2,23,24,25). The quantitative estimate of drug-likeness (QED) is 0.391. The van der Waals surface area contributed by atoms with Gasteiger partial charge in [0.1, 0.15) is 0 Å². The van der Waals surface area contributed by atoms with Crippen molar-refractivity contribution in [3.63, 3.8) is 0 Å². The van der Waals surface area contributed by atoms with E-state index in [2.05, 4.69) is 45.0 Å². The minimum atomic E-state index is -0.00941. The number of benzene rings is 2. The monoisotopic (exact) mass is 409 g/mol. The molecule has 0 atom stereocenters. The molecule has 1 heterocycles. The molecule has 8 nitrogen and oxygen atoms in total. The first-order chi connectivity index (χ1) is 14.6. The van der Waals surface area contributed by atoms with Gasteiger partial charge in [0, 0.05) is 32.5 Å².